The first kappa shape index (κ1) is 10.6. The molecule has 0 saturated carbocycles. The largest absolute Gasteiger partial charge is 0.289 e. The van der Waals surface area contributed by atoms with Gasteiger partial charge < -0.3 is 0 Å². The number of carbonyl (C=O) groups excluding carboxylic acids is 1. The van der Waals surface area contributed by atoms with E-state index in [1.165, 1.54) is 18.1 Å². The highest BCUT2D eigenvalue weighted by Crippen LogP contribution is 2.15. The van der Waals surface area contributed by atoms with Crippen molar-refractivity contribution in [2.45, 2.75) is 20.8 Å². The smallest absolute Gasteiger partial charge is 0.235 e. The molecule has 0 aromatic heterocycles. The number of hydrazine groups is 1. The molecule has 0 atom stereocenters. The number of hydrogen-bond acceptors (Lipinski definition) is 2. The summed E-state index contributed by atoms with van der Waals surface area (Å²) in [6, 6.07) is 6.08. The number of rotatable bonds is 2. The lowest BCUT2D eigenvalue weighted by Gasteiger charge is -2.20. The molecule has 1 amide bonds. The SMILES string of the molecule is CC(=O)NN(C)c1ccc(C)c(C)c1. The Labute approximate surface area is 84.7 Å². The van der Waals surface area contributed by atoms with Crippen molar-refractivity contribution in [2.75, 3.05) is 12.1 Å². The van der Waals surface area contributed by atoms with Crippen LogP contribution < -0.4 is 10.4 Å². The number of nitrogens with zero attached hydrogens (tertiary/aromatic N) is 1. The van der Waals surface area contributed by atoms with Crippen LogP contribution in [0.2, 0.25) is 0 Å². The summed E-state index contributed by atoms with van der Waals surface area (Å²) >= 11 is 0. The molecule has 0 heterocycles. The maximum atomic E-state index is 10.8. The van der Waals surface area contributed by atoms with Gasteiger partial charge in [-0.1, -0.05) is 6.07 Å². The lowest BCUT2D eigenvalue weighted by molar-refractivity contribution is -0.119. The average molecular weight is 192 g/mol. The molecular weight excluding hydrogens is 176 g/mol. The zero-order valence-corrected chi connectivity index (χ0v) is 9.09. The van der Waals surface area contributed by atoms with E-state index < -0.39 is 0 Å². The minimum absolute atomic E-state index is 0.0641. The number of aryl methyl sites for hydroxylation is 2. The standard InChI is InChI=1S/C11H16N2O/c1-8-5-6-11(7-9(8)2)13(4)12-10(3)14/h5-7H,1-4H3,(H,12,14). The lowest BCUT2D eigenvalue weighted by atomic mass is 10.1. The summed E-state index contributed by atoms with van der Waals surface area (Å²) in [5, 5.41) is 1.72. The van der Waals surface area contributed by atoms with Gasteiger partial charge >= 0.3 is 0 Å². The van der Waals surface area contributed by atoms with Crippen molar-refractivity contribution < 1.29 is 4.79 Å². The van der Waals surface area contributed by atoms with Crippen LogP contribution in [0, 0.1) is 13.8 Å². The molecular formula is C11H16N2O. The van der Waals surface area contributed by atoms with Crippen LogP contribution in [-0.2, 0) is 4.79 Å². The normalized spacial score (nSPS) is 9.71. The van der Waals surface area contributed by atoms with E-state index in [4.69, 9.17) is 0 Å². The van der Waals surface area contributed by atoms with Gasteiger partial charge in [-0.05, 0) is 37.1 Å². The molecule has 0 aliphatic rings. The molecule has 0 radical (unpaired) electrons. The van der Waals surface area contributed by atoms with Crippen molar-refractivity contribution in [1.29, 1.82) is 0 Å². The quantitative estimate of drug-likeness (QED) is 0.724. The van der Waals surface area contributed by atoms with Crippen molar-refractivity contribution in [3.05, 3.63) is 29.3 Å². The van der Waals surface area contributed by atoms with E-state index in [0.29, 0.717) is 0 Å². The van der Waals surface area contributed by atoms with Gasteiger partial charge in [0, 0.05) is 14.0 Å². The summed E-state index contributed by atoms with van der Waals surface area (Å²) in [7, 11) is 1.82. The number of nitrogens with one attached hydrogen (secondary N) is 1. The van der Waals surface area contributed by atoms with Crippen molar-refractivity contribution in [3.8, 4) is 0 Å². The highest BCUT2D eigenvalue weighted by atomic mass is 16.2. The van der Waals surface area contributed by atoms with E-state index in [0.717, 1.165) is 5.69 Å². The maximum Gasteiger partial charge on any atom is 0.235 e. The van der Waals surface area contributed by atoms with Crippen LogP contribution in [0.4, 0.5) is 5.69 Å². The molecule has 76 valence electrons. The van der Waals surface area contributed by atoms with Crippen LogP contribution in [0.25, 0.3) is 0 Å². The topological polar surface area (TPSA) is 32.3 Å². The Morgan fingerprint density at radius 3 is 2.43 bits per heavy atom. The molecule has 1 aromatic carbocycles. The Morgan fingerprint density at radius 1 is 1.29 bits per heavy atom. The molecule has 0 unspecified atom stereocenters. The van der Waals surface area contributed by atoms with Gasteiger partial charge in [0.15, 0.2) is 0 Å². The summed E-state index contributed by atoms with van der Waals surface area (Å²) < 4.78 is 0. The van der Waals surface area contributed by atoms with Gasteiger partial charge in [-0.25, -0.2) is 0 Å². The highest BCUT2D eigenvalue weighted by Gasteiger charge is 2.02. The third-order valence-electron chi connectivity index (χ3n) is 2.20. The van der Waals surface area contributed by atoms with Crippen molar-refractivity contribution >= 4 is 11.6 Å². The van der Waals surface area contributed by atoms with Crippen LogP contribution >= 0.6 is 0 Å². The fourth-order valence-corrected chi connectivity index (χ4v) is 1.23. The number of benzene rings is 1. The van der Waals surface area contributed by atoms with Crippen molar-refractivity contribution in [1.82, 2.24) is 5.43 Å². The molecule has 0 aliphatic carbocycles. The first-order chi connectivity index (χ1) is 6.50. The molecule has 0 bridgehead atoms. The average Bonchev–Trinajstić information content (AvgIpc) is 2.08. The molecule has 1 N–H and O–H groups in total. The maximum absolute atomic E-state index is 10.8. The zero-order valence-electron chi connectivity index (χ0n) is 9.09. The fourth-order valence-electron chi connectivity index (χ4n) is 1.23. The molecule has 14 heavy (non-hydrogen) atoms. The van der Waals surface area contributed by atoms with Crippen molar-refractivity contribution in [2.24, 2.45) is 0 Å². The fraction of sp³-hybridized carbons (Fsp3) is 0.364. The van der Waals surface area contributed by atoms with E-state index in [9.17, 15) is 4.79 Å². The van der Waals surface area contributed by atoms with E-state index >= 15 is 0 Å². The van der Waals surface area contributed by atoms with Gasteiger partial charge in [-0.3, -0.25) is 15.2 Å². The van der Waals surface area contributed by atoms with E-state index in [1.807, 2.05) is 25.2 Å². The van der Waals surface area contributed by atoms with Gasteiger partial charge in [0.05, 0.1) is 5.69 Å². The first-order valence-electron chi connectivity index (χ1n) is 4.59. The minimum atomic E-state index is -0.0641. The molecule has 3 heteroatoms. The first-order valence-corrected chi connectivity index (χ1v) is 4.59. The number of hydrogen-bond donors (Lipinski definition) is 1. The molecule has 1 aromatic rings. The molecule has 1 rings (SSSR count). The second kappa shape index (κ2) is 4.13. The highest BCUT2D eigenvalue weighted by molar-refractivity contribution is 5.75. The predicted molar refractivity (Wildman–Crippen MR) is 58.1 cm³/mol. The summed E-state index contributed by atoms with van der Waals surface area (Å²) in [5.41, 5.74) is 6.17. The third kappa shape index (κ3) is 2.49. The zero-order chi connectivity index (χ0) is 10.7. The van der Waals surface area contributed by atoms with E-state index in [2.05, 4.69) is 19.3 Å². The molecule has 0 aliphatic heterocycles. The lowest BCUT2D eigenvalue weighted by Crippen LogP contribution is -2.37. The van der Waals surface area contributed by atoms with Crippen LogP contribution in [0.3, 0.4) is 0 Å². The van der Waals surface area contributed by atoms with Crippen LogP contribution in [0.15, 0.2) is 18.2 Å². The number of anilines is 1. The summed E-state index contributed by atoms with van der Waals surface area (Å²) in [4.78, 5) is 10.8. The third-order valence-corrected chi connectivity index (χ3v) is 2.20. The number of amides is 1. The minimum Gasteiger partial charge on any atom is -0.289 e. The van der Waals surface area contributed by atoms with Crippen LogP contribution in [0.5, 0.6) is 0 Å². The summed E-state index contributed by atoms with van der Waals surface area (Å²) in [5.74, 6) is -0.0641. The Bertz CT molecular complexity index is 347. The molecule has 0 saturated heterocycles. The second-order valence-electron chi connectivity index (χ2n) is 3.50. The Kier molecular flexibility index (Phi) is 3.12. The number of carbonyl (C=O) groups is 1. The predicted octanol–water partition coefficient (Wildman–Crippen LogP) is 1.79. The van der Waals surface area contributed by atoms with Gasteiger partial charge in [0.25, 0.3) is 0 Å². The summed E-state index contributed by atoms with van der Waals surface area (Å²) in [6.45, 7) is 5.62. The van der Waals surface area contributed by atoms with Crippen LogP contribution in [0.1, 0.15) is 18.1 Å². The molecule has 0 spiro atoms. The van der Waals surface area contributed by atoms with Gasteiger partial charge in [-0.2, -0.15) is 0 Å². The van der Waals surface area contributed by atoms with E-state index in [1.54, 1.807) is 5.01 Å². The molecule has 0 fully saturated rings. The Balaban J connectivity index is 2.85. The van der Waals surface area contributed by atoms with Crippen LogP contribution in [-0.4, -0.2) is 13.0 Å². The molecule has 3 nitrogen and oxygen atoms in total. The second-order valence-corrected chi connectivity index (χ2v) is 3.50. The Hall–Kier alpha value is -1.51. The van der Waals surface area contributed by atoms with E-state index in [-0.39, 0.29) is 5.91 Å². The van der Waals surface area contributed by atoms with Gasteiger partial charge in [0.1, 0.15) is 0 Å². The van der Waals surface area contributed by atoms with Gasteiger partial charge in [0.2, 0.25) is 5.91 Å². The van der Waals surface area contributed by atoms with Gasteiger partial charge in [-0.15, -0.1) is 0 Å². The Morgan fingerprint density at radius 2 is 1.93 bits per heavy atom. The summed E-state index contributed by atoms with van der Waals surface area (Å²) in [6.07, 6.45) is 0. The monoisotopic (exact) mass is 192 g/mol. The van der Waals surface area contributed by atoms with Crippen molar-refractivity contribution in [3.63, 3.8) is 0 Å².